The monoisotopic (exact) mass is 220 g/mol. The van der Waals surface area contributed by atoms with Crippen LogP contribution in [0.25, 0.3) is 20.9 Å². The molecule has 1 aromatic rings. The quantitative estimate of drug-likeness (QED) is 0.400. The normalized spacial score (nSPS) is 9.12. The predicted molar refractivity (Wildman–Crippen MR) is 58.0 cm³/mol. The van der Waals surface area contributed by atoms with Gasteiger partial charge in [0.25, 0.3) is 0 Å². The standard InChI is InChI=1S/C9H9FN6/c1-2-3-6-4-7(10)9(14-16-12)8(5-6)13-15-11/h4-5H,2-3H2,1H3. The first kappa shape index (κ1) is 11.8. The molecule has 0 aromatic heterocycles. The summed E-state index contributed by atoms with van der Waals surface area (Å²) in [5.74, 6) is -0.675. The number of hydrogen-bond donors (Lipinski definition) is 0. The Labute approximate surface area is 91.0 Å². The van der Waals surface area contributed by atoms with Crippen LogP contribution in [0.2, 0.25) is 0 Å². The first-order valence-corrected chi connectivity index (χ1v) is 4.65. The van der Waals surface area contributed by atoms with Crippen LogP contribution in [0.15, 0.2) is 22.4 Å². The van der Waals surface area contributed by atoms with Gasteiger partial charge in [0.15, 0.2) is 0 Å². The molecular formula is C9H9FN6. The molecule has 0 saturated heterocycles. The average molecular weight is 220 g/mol. The van der Waals surface area contributed by atoms with Gasteiger partial charge in [-0.1, -0.05) is 23.6 Å². The molecule has 0 heterocycles. The van der Waals surface area contributed by atoms with Crippen molar-refractivity contribution in [2.45, 2.75) is 19.8 Å². The van der Waals surface area contributed by atoms with E-state index in [4.69, 9.17) is 11.1 Å². The van der Waals surface area contributed by atoms with Crippen LogP contribution in [-0.2, 0) is 6.42 Å². The van der Waals surface area contributed by atoms with Crippen molar-refractivity contribution in [3.8, 4) is 0 Å². The molecule has 82 valence electrons. The Hall–Kier alpha value is -2.23. The van der Waals surface area contributed by atoms with Crippen LogP contribution in [0.5, 0.6) is 0 Å². The summed E-state index contributed by atoms with van der Waals surface area (Å²) in [5.41, 5.74) is 17.1. The minimum Gasteiger partial charge on any atom is -0.206 e. The highest BCUT2D eigenvalue weighted by Gasteiger charge is 2.08. The minimum atomic E-state index is -0.675. The summed E-state index contributed by atoms with van der Waals surface area (Å²) in [5, 5.41) is 6.47. The maximum atomic E-state index is 13.5. The molecule has 0 unspecified atom stereocenters. The number of hydrogen-bond acceptors (Lipinski definition) is 2. The van der Waals surface area contributed by atoms with E-state index in [0.29, 0.717) is 12.0 Å². The molecule has 0 bridgehead atoms. The molecule has 0 saturated carbocycles. The van der Waals surface area contributed by atoms with E-state index in [1.165, 1.54) is 12.1 Å². The summed E-state index contributed by atoms with van der Waals surface area (Å²) in [4.78, 5) is 5.05. The second kappa shape index (κ2) is 5.60. The van der Waals surface area contributed by atoms with Crippen molar-refractivity contribution < 1.29 is 4.39 Å². The van der Waals surface area contributed by atoms with Crippen molar-refractivity contribution in [1.29, 1.82) is 0 Å². The lowest BCUT2D eigenvalue weighted by Crippen LogP contribution is -1.86. The highest BCUT2D eigenvalue weighted by atomic mass is 19.1. The fraction of sp³-hybridized carbons (Fsp3) is 0.333. The van der Waals surface area contributed by atoms with Gasteiger partial charge in [0.1, 0.15) is 5.82 Å². The second-order valence-corrected chi connectivity index (χ2v) is 3.07. The lowest BCUT2D eigenvalue weighted by atomic mass is 10.1. The second-order valence-electron chi connectivity index (χ2n) is 3.07. The van der Waals surface area contributed by atoms with Crippen LogP contribution in [0.3, 0.4) is 0 Å². The van der Waals surface area contributed by atoms with Crippen molar-refractivity contribution in [1.82, 2.24) is 0 Å². The van der Waals surface area contributed by atoms with Gasteiger partial charge in [-0.25, -0.2) is 4.39 Å². The van der Waals surface area contributed by atoms with Gasteiger partial charge < -0.3 is 0 Å². The minimum absolute atomic E-state index is 0.0174. The zero-order chi connectivity index (χ0) is 12.0. The van der Waals surface area contributed by atoms with Gasteiger partial charge in [-0.3, -0.25) is 0 Å². The SMILES string of the molecule is CCCc1cc(F)c(N=[N+]=[N-])c(N=[N+]=[N-])c1. The Morgan fingerprint density at radius 3 is 2.50 bits per heavy atom. The molecule has 7 heteroatoms. The van der Waals surface area contributed by atoms with E-state index in [0.717, 1.165) is 6.42 Å². The fourth-order valence-corrected chi connectivity index (χ4v) is 1.34. The summed E-state index contributed by atoms with van der Waals surface area (Å²) in [6.07, 6.45) is 1.51. The maximum Gasteiger partial charge on any atom is 0.133 e. The molecule has 0 N–H and O–H groups in total. The van der Waals surface area contributed by atoms with Crippen molar-refractivity contribution in [3.05, 3.63) is 44.4 Å². The van der Waals surface area contributed by atoms with E-state index in [2.05, 4.69) is 20.1 Å². The molecule has 1 aromatic carbocycles. The maximum absolute atomic E-state index is 13.5. The molecule has 0 radical (unpaired) electrons. The lowest BCUT2D eigenvalue weighted by molar-refractivity contribution is 0.627. The third-order valence-corrected chi connectivity index (χ3v) is 1.94. The summed E-state index contributed by atoms with van der Waals surface area (Å²) < 4.78 is 13.5. The van der Waals surface area contributed by atoms with Gasteiger partial charge in [0.2, 0.25) is 0 Å². The first-order valence-electron chi connectivity index (χ1n) is 4.65. The molecule has 0 atom stereocenters. The topological polar surface area (TPSA) is 97.5 Å². The Morgan fingerprint density at radius 2 is 1.94 bits per heavy atom. The summed E-state index contributed by atoms with van der Waals surface area (Å²) in [6.45, 7) is 1.95. The highest BCUT2D eigenvalue weighted by Crippen LogP contribution is 2.33. The summed E-state index contributed by atoms with van der Waals surface area (Å²) in [6, 6.07) is 2.81. The van der Waals surface area contributed by atoms with Crippen LogP contribution in [0.4, 0.5) is 15.8 Å². The Kier molecular flexibility index (Phi) is 4.15. The van der Waals surface area contributed by atoms with Crippen molar-refractivity contribution in [3.63, 3.8) is 0 Å². The van der Waals surface area contributed by atoms with E-state index >= 15 is 0 Å². The van der Waals surface area contributed by atoms with E-state index in [9.17, 15) is 4.39 Å². The number of benzene rings is 1. The third kappa shape index (κ3) is 2.63. The van der Waals surface area contributed by atoms with E-state index in [1.807, 2.05) is 6.92 Å². The Morgan fingerprint density at radius 1 is 1.25 bits per heavy atom. The molecule has 0 spiro atoms. The first-order chi connectivity index (χ1) is 7.72. The zero-order valence-corrected chi connectivity index (χ0v) is 8.63. The molecule has 16 heavy (non-hydrogen) atoms. The van der Waals surface area contributed by atoms with Gasteiger partial charge in [0.05, 0.1) is 11.4 Å². The molecule has 0 amide bonds. The molecule has 0 fully saturated rings. The molecule has 0 aliphatic rings. The zero-order valence-electron chi connectivity index (χ0n) is 8.63. The number of halogens is 1. The van der Waals surface area contributed by atoms with Gasteiger partial charge in [-0.05, 0) is 35.2 Å². The largest absolute Gasteiger partial charge is 0.206 e. The number of azide groups is 2. The Bertz CT molecular complexity index is 485. The van der Waals surface area contributed by atoms with Crippen molar-refractivity contribution in [2.75, 3.05) is 0 Å². The third-order valence-electron chi connectivity index (χ3n) is 1.94. The van der Waals surface area contributed by atoms with Crippen LogP contribution < -0.4 is 0 Å². The summed E-state index contributed by atoms with van der Waals surface area (Å²) in [7, 11) is 0. The van der Waals surface area contributed by atoms with E-state index < -0.39 is 5.82 Å². The number of aryl methyl sites for hydroxylation is 1. The molecule has 0 aliphatic heterocycles. The molecule has 1 rings (SSSR count). The van der Waals surface area contributed by atoms with Crippen LogP contribution >= 0.6 is 0 Å². The fourth-order valence-electron chi connectivity index (χ4n) is 1.34. The predicted octanol–water partition coefficient (Wildman–Crippen LogP) is 4.66. The number of nitrogens with zero attached hydrogens (tertiary/aromatic N) is 6. The van der Waals surface area contributed by atoms with E-state index in [-0.39, 0.29) is 11.4 Å². The van der Waals surface area contributed by atoms with E-state index in [1.54, 1.807) is 0 Å². The van der Waals surface area contributed by atoms with Crippen molar-refractivity contribution in [2.24, 2.45) is 10.2 Å². The van der Waals surface area contributed by atoms with Gasteiger partial charge in [-0.2, -0.15) is 0 Å². The van der Waals surface area contributed by atoms with Gasteiger partial charge in [-0.15, -0.1) is 0 Å². The molecule has 0 aliphatic carbocycles. The smallest absolute Gasteiger partial charge is 0.133 e. The Balaban J connectivity index is 3.37. The van der Waals surface area contributed by atoms with Crippen molar-refractivity contribution >= 4 is 11.4 Å². The van der Waals surface area contributed by atoms with Crippen LogP contribution in [0.1, 0.15) is 18.9 Å². The van der Waals surface area contributed by atoms with Gasteiger partial charge in [0, 0.05) is 9.82 Å². The highest BCUT2D eigenvalue weighted by molar-refractivity contribution is 5.63. The summed E-state index contributed by atoms with van der Waals surface area (Å²) >= 11 is 0. The van der Waals surface area contributed by atoms with Crippen LogP contribution in [0, 0.1) is 5.82 Å². The molecular weight excluding hydrogens is 211 g/mol. The molecule has 6 nitrogen and oxygen atoms in total. The van der Waals surface area contributed by atoms with Crippen LogP contribution in [-0.4, -0.2) is 0 Å². The lowest BCUT2D eigenvalue weighted by Gasteiger charge is -2.04. The average Bonchev–Trinajstić information content (AvgIpc) is 2.24. The number of rotatable bonds is 4. The van der Waals surface area contributed by atoms with Gasteiger partial charge >= 0.3 is 0 Å².